The standard InChI is InChI=1S/C15H21NO3S/c1-3-4-12(15(18)19)16-14(17)11-8-20-13-7-9(2)5-6-10(11)13/h8-9,12H,3-7H2,1-2H3,(H,16,17)(H,18,19). The minimum absolute atomic E-state index is 0.238. The second kappa shape index (κ2) is 6.39. The molecule has 2 unspecified atom stereocenters. The third-order valence-electron chi connectivity index (χ3n) is 3.83. The fraction of sp³-hybridized carbons (Fsp3) is 0.600. The average molecular weight is 295 g/mol. The van der Waals surface area contributed by atoms with Gasteiger partial charge in [-0.15, -0.1) is 11.3 Å². The Hall–Kier alpha value is -1.36. The van der Waals surface area contributed by atoms with E-state index in [1.807, 2.05) is 12.3 Å². The van der Waals surface area contributed by atoms with Crippen LogP contribution in [0.25, 0.3) is 0 Å². The number of rotatable bonds is 5. The molecule has 2 N–H and O–H groups in total. The lowest BCUT2D eigenvalue weighted by Gasteiger charge is -2.19. The van der Waals surface area contributed by atoms with Crippen LogP contribution in [0.1, 0.15) is 53.9 Å². The number of amides is 1. The molecule has 5 heteroatoms. The van der Waals surface area contributed by atoms with Gasteiger partial charge in [-0.05, 0) is 37.2 Å². The van der Waals surface area contributed by atoms with Crippen molar-refractivity contribution >= 4 is 23.2 Å². The summed E-state index contributed by atoms with van der Waals surface area (Å²) in [5.74, 6) is -0.528. The van der Waals surface area contributed by atoms with Crippen LogP contribution in [0, 0.1) is 5.92 Å². The van der Waals surface area contributed by atoms with E-state index in [-0.39, 0.29) is 5.91 Å². The van der Waals surface area contributed by atoms with E-state index in [4.69, 9.17) is 5.11 Å². The monoisotopic (exact) mass is 295 g/mol. The van der Waals surface area contributed by atoms with E-state index in [9.17, 15) is 9.59 Å². The Morgan fingerprint density at radius 3 is 2.95 bits per heavy atom. The minimum Gasteiger partial charge on any atom is -0.480 e. The van der Waals surface area contributed by atoms with E-state index < -0.39 is 12.0 Å². The molecule has 1 amide bonds. The molecule has 0 spiro atoms. The van der Waals surface area contributed by atoms with E-state index in [1.54, 1.807) is 11.3 Å². The molecule has 0 aromatic carbocycles. The summed E-state index contributed by atoms with van der Waals surface area (Å²) in [6.45, 7) is 4.14. The quantitative estimate of drug-likeness (QED) is 0.878. The highest BCUT2D eigenvalue weighted by Gasteiger charge is 2.25. The average Bonchev–Trinajstić information content (AvgIpc) is 2.80. The van der Waals surface area contributed by atoms with E-state index in [0.29, 0.717) is 17.9 Å². The Kier molecular flexibility index (Phi) is 4.81. The summed E-state index contributed by atoms with van der Waals surface area (Å²) in [6, 6.07) is -0.787. The highest BCUT2D eigenvalue weighted by molar-refractivity contribution is 7.10. The summed E-state index contributed by atoms with van der Waals surface area (Å²) in [4.78, 5) is 24.7. The molecule has 4 nitrogen and oxygen atoms in total. The van der Waals surface area contributed by atoms with E-state index in [2.05, 4.69) is 12.2 Å². The van der Waals surface area contributed by atoms with Gasteiger partial charge >= 0.3 is 5.97 Å². The summed E-state index contributed by atoms with van der Waals surface area (Å²) in [5.41, 5.74) is 1.81. The van der Waals surface area contributed by atoms with Crippen LogP contribution >= 0.6 is 11.3 Å². The van der Waals surface area contributed by atoms with Crippen LogP contribution in [0.2, 0.25) is 0 Å². The Bertz CT molecular complexity index is 509. The molecule has 0 bridgehead atoms. The van der Waals surface area contributed by atoms with Crippen molar-refractivity contribution in [2.24, 2.45) is 5.92 Å². The van der Waals surface area contributed by atoms with Gasteiger partial charge in [0.1, 0.15) is 6.04 Å². The van der Waals surface area contributed by atoms with Gasteiger partial charge in [-0.1, -0.05) is 20.3 Å². The first kappa shape index (κ1) is 15.0. The lowest BCUT2D eigenvalue weighted by atomic mass is 9.88. The van der Waals surface area contributed by atoms with Crippen LogP contribution in [-0.2, 0) is 17.6 Å². The van der Waals surface area contributed by atoms with Crippen LogP contribution in [0.3, 0.4) is 0 Å². The molecule has 1 heterocycles. The number of carboxylic acids is 1. The molecule has 1 aromatic rings. The SMILES string of the molecule is CCCC(NC(=O)c1csc2c1CCC(C)C2)C(=O)O. The Morgan fingerprint density at radius 2 is 2.30 bits per heavy atom. The van der Waals surface area contributed by atoms with Crippen molar-refractivity contribution in [3.8, 4) is 0 Å². The highest BCUT2D eigenvalue weighted by Crippen LogP contribution is 2.32. The minimum atomic E-state index is -0.960. The van der Waals surface area contributed by atoms with E-state index in [1.165, 1.54) is 4.88 Å². The molecule has 0 saturated carbocycles. The lowest BCUT2D eigenvalue weighted by Crippen LogP contribution is -2.40. The van der Waals surface area contributed by atoms with Crippen molar-refractivity contribution in [1.29, 1.82) is 0 Å². The smallest absolute Gasteiger partial charge is 0.326 e. The fourth-order valence-electron chi connectivity index (χ4n) is 2.65. The number of carbonyl (C=O) groups is 2. The first-order valence-corrected chi connectivity index (χ1v) is 8.03. The molecular formula is C15H21NO3S. The maximum Gasteiger partial charge on any atom is 0.326 e. The van der Waals surface area contributed by atoms with Crippen molar-refractivity contribution in [3.63, 3.8) is 0 Å². The molecular weight excluding hydrogens is 274 g/mol. The molecule has 1 aliphatic rings. The van der Waals surface area contributed by atoms with E-state index >= 15 is 0 Å². The number of carbonyl (C=O) groups excluding carboxylic acids is 1. The van der Waals surface area contributed by atoms with Crippen LogP contribution < -0.4 is 5.32 Å². The zero-order valence-corrected chi connectivity index (χ0v) is 12.8. The van der Waals surface area contributed by atoms with Gasteiger partial charge in [0, 0.05) is 10.3 Å². The zero-order valence-electron chi connectivity index (χ0n) is 11.9. The van der Waals surface area contributed by atoms with Gasteiger partial charge < -0.3 is 10.4 Å². The second-order valence-corrected chi connectivity index (χ2v) is 6.52. The van der Waals surface area contributed by atoms with Crippen molar-refractivity contribution < 1.29 is 14.7 Å². The molecule has 1 aromatic heterocycles. The highest BCUT2D eigenvalue weighted by atomic mass is 32.1. The summed E-state index contributed by atoms with van der Waals surface area (Å²) in [6.07, 6.45) is 4.25. The number of hydrogen-bond donors (Lipinski definition) is 2. The maximum atomic E-state index is 12.3. The lowest BCUT2D eigenvalue weighted by molar-refractivity contribution is -0.139. The van der Waals surface area contributed by atoms with Crippen LogP contribution in [-0.4, -0.2) is 23.0 Å². The van der Waals surface area contributed by atoms with Gasteiger partial charge in [0.05, 0.1) is 5.56 Å². The summed E-state index contributed by atoms with van der Waals surface area (Å²) < 4.78 is 0. The van der Waals surface area contributed by atoms with Gasteiger partial charge in [-0.25, -0.2) is 4.79 Å². The van der Waals surface area contributed by atoms with Crippen molar-refractivity contribution in [2.45, 2.75) is 52.0 Å². The van der Waals surface area contributed by atoms with Gasteiger partial charge in [0.2, 0.25) is 0 Å². The predicted molar refractivity (Wildman–Crippen MR) is 79.3 cm³/mol. The molecule has 2 atom stereocenters. The predicted octanol–water partition coefficient (Wildman–Crippen LogP) is 2.86. The number of thiophene rings is 1. The van der Waals surface area contributed by atoms with Crippen LogP contribution in [0.4, 0.5) is 0 Å². The third-order valence-corrected chi connectivity index (χ3v) is 4.88. The van der Waals surface area contributed by atoms with Crippen molar-refractivity contribution in [1.82, 2.24) is 5.32 Å². The molecule has 2 rings (SSSR count). The zero-order chi connectivity index (χ0) is 14.7. The molecule has 0 aliphatic heterocycles. The Balaban J connectivity index is 2.12. The molecule has 0 radical (unpaired) electrons. The normalized spacial score (nSPS) is 19.2. The molecule has 20 heavy (non-hydrogen) atoms. The number of fused-ring (bicyclic) bond motifs is 1. The number of aliphatic carboxylic acids is 1. The van der Waals surface area contributed by atoms with Gasteiger partial charge in [0.25, 0.3) is 5.91 Å². The Morgan fingerprint density at radius 1 is 1.55 bits per heavy atom. The largest absolute Gasteiger partial charge is 0.480 e. The summed E-state index contributed by atoms with van der Waals surface area (Å²) in [5, 5.41) is 13.6. The second-order valence-electron chi connectivity index (χ2n) is 5.55. The van der Waals surface area contributed by atoms with Crippen molar-refractivity contribution in [2.75, 3.05) is 0 Å². The van der Waals surface area contributed by atoms with Crippen LogP contribution in [0.15, 0.2) is 5.38 Å². The van der Waals surface area contributed by atoms with Crippen LogP contribution in [0.5, 0.6) is 0 Å². The summed E-state index contributed by atoms with van der Waals surface area (Å²) in [7, 11) is 0. The number of nitrogens with one attached hydrogen (secondary N) is 1. The third kappa shape index (κ3) is 3.20. The number of carboxylic acid groups (broad SMARTS) is 1. The van der Waals surface area contributed by atoms with Gasteiger partial charge in [-0.2, -0.15) is 0 Å². The first-order valence-electron chi connectivity index (χ1n) is 7.15. The maximum absolute atomic E-state index is 12.3. The first-order chi connectivity index (χ1) is 9.52. The van der Waals surface area contributed by atoms with Crippen molar-refractivity contribution in [3.05, 3.63) is 21.4 Å². The molecule has 0 fully saturated rings. The summed E-state index contributed by atoms with van der Waals surface area (Å²) >= 11 is 1.62. The molecule has 1 aliphatic carbocycles. The van der Waals surface area contributed by atoms with E-state index in [0.717, 1.165) is 31.2 Å². The Labute approximate surface area is 123 Å². The number of hydrogen-bond acceptors (Lipinski definition) is 3. The van der Waals surface area contributed by atoms with Gasteiger partial charge in [-0.3, -0.25) is 4.79 Å². The molecule has 110 valence electrons. The fourth-order valence-corrected chi connectivity index (χ4v) is 3.89. The van der Waals surface area contributed by atoms with Gasteiger partial charge in [0.15, 0.2) is 0 Å². The molecule has 0 saturated heterocycles. The topological polar surface area (TPSA) is 66.4 Å².